The topological polar surface area (TPSA) is 63.0 Å². The summed E-state index contributed by atoms with van der Waals surface area (Å²) >= 11 is 0. The fraction of sp³-hybridized carbons (Fsp3) is 0.467. The van der Waals surface area contributed by atoms with E-state index < -0.39 is 0 Å². The average molecular weight is 272 g/mol. The maximum Gasteiger partial charge on any atom is 0.136 e. The van der Waals surface area contributed by atoms with Gasteiger partial charge in [-0.15, -0.1) is 0 Å². The molecule has 1 saturated carbocycles. The van der Waals surface area contributed by atoms with E-state index in [1.165, 1.54) is 12.8 Å². The second kappa shape index (κ2) is 5.94. The zero-order valence-electron chi connectivity index (χ0n) is 11.7. The van der Waals surface area contributed by atoms with E-state index in [-0.39, 0.29) is 0 Å². The van der Waals surface area contributed by atoms with Crippen molar-refractivity contribution < 1.29 is 4.42 Å². The van der Waals surface area contributed by atoms with Crippen molar-refractivity contribution in [1.29, 1.82) is 0 Å². The molecule has 0 atom stereocenters. The molecule has 2 N–H and O–H groups in total. The SMILES string of the molecule is CCCNc1cc(NCc2ccoc2)nc(C2CC2)n1. The second-order valence-electron chi connectivity index (χ2n) is 5.18. The quantitative estimate of drug-likeness (QED) is 0.809. The number of hydrogen-bond acceptors (Lipinski definition) is 5. The fourth-order valence-electron chi connectivity index (χ4n) is 2.01. The normalized spacial score (nSPS) is 14.2. The van der Waals surface area contributed by atoms with Crippen LogP contribution in [0.2, 0.25) is 0 Å². The summed E-state index contributed by atoms with van der Waals surface area (Å²) in [6.45, 7) is 3.79. The predicted molar refractivity (Wildman–Crippen MR) is 78.8 cm³/mol. The number of anilines is 2. The molecule has 1 aliphatic rings. The molecule has 3 rings (SSSR count). The van der Waals surface area contributed by atoms with Crippen LogP contribution in [0.4, 0.5) is 11.6 Å². The molecule has 5 nitrogen and oxygen atoms in total. The summed E-state index contributed by atoms with van der Waals surface area (Å²) in [6.07, 6.45) is 6.92. The predicted octanol–water partition coefficient (Wildman–Crippen LogP) is 3.38. The van der Waals surface area contributed by atoms with Crippen LogP contribution in [0, 0.1) is 0 Å². The van der Waals surface area contributed by atoms with E-state index in [0.29, 0.717) is 12.5 Å². The molecule has 1 aliphatic carbocycles. The number of aromatic nitrogens is 2. The van der Waals surface area contributed by atoms with Gasteiger partial charge in [-0.3, -0.25) is 0 Å². The Hall–Kier alpha value is -2.04. The summed E-state index contributed by atoms with van der Waals surface area (Å²) in [6, 6.07) is 3.92. The van der Waals surface area contributed by atoms with Crippen LogP contribution in [0.15, 0.2) is 29.1 Å². The standard InChI is InChI=1S/C15H20N4O/c1-2-6-16-13-8-14(17-9-11-5-7-20-10-11)19-15(18-13)12-3-4-12/h5,7-8,10,12H,2-4,6,9H2,1H3,(H2,16,17,18,19). The van der Waals surface area contributed by atoms with Crippen LogP contribution < -0.4 is 10.6 Å². The summed E-state index contributed by atoms with van der Waals surface area (Å²) in [7, 11) is 0. The van der Waals surface area contributed by atoms with E-state index in [4.69, 9.17) is 4.42 Å². The number of hydrogen-bond donors (Lipinski definition) is 2. The summed E-state index contributed by atoms with van der Waals surface area (Å²) in [5.41, 5.74) is 1.11. The Kier molecular flexibility index (Phi) is 3.85. The van der Waals surface area contributed by atoms with Crippen molar-refractivity contribution >= 4 is 11.6 Å². The van der Waals surface area contributed by atoms with E-state index in [1.807, 2.05) is 12.1 Å². The Morgan fingerprint density at radius 3 is 2.70 bits per heavy atom. The lowest BCUT2D eigenvalue weighted by Gasteiger charge is -2.10. The Labute approximate surface area is 118 Å². The molecule has 0 aromatic carbocycles. The van der Waals surface area contributed by atoms with Gasteiger partial charge in [0.05, 0.1) is 12.5 Å². The Balaban J connectivity index is 1.72. The number of rotatable bonds is 7. The number of nitrogens with zero attached hydrogens (tertiary/aromatic N) is 2. The highest BCUT2D eigenvalue weighted by Crippen LogP contribution is 2.38. The molecule has 5 heteroatoms. The van der Waals surface area contributed by atoms with Gasteiger partial charge in [0.25, 0.3) is 0 Å². The highest BCUT2D eigenvalue weighted by Gasteiger charge is 2.27. The highest BCUT2D eigenvalue weighted by molar-refractivity contribution is 5.48. The minimum atomic E-state index is 0.549. The molecule has 0 amide bonds. The third kappa shape index (κ3) is 3.29. The van der Waals surface area contributed by atoms with Gasteiger partial charge in [-0.1, -0.05) is 6.92 Å². The maximum absolute atomic E-state index is 5.07. The molecule has 2 heterocycles. The molecule has 2 aromatic heterocycles. The molecule has 0 saturated heterocycles. The Morgan fingerprint density at radius 1 is 1.25 bits per heavy atom. The molecule has 106 valence electrons. The third-order valence-electron chi connectivity index (χ3n) is 3.30. The first-order chi connectivity index (χ1) is 9.85. The number of nitrogens with one attached hydrogen (secondary N) is 2. The zero-order valence-corrected chi connectivity index (χ0v) is 11.7. The van der Waals surface area contributed by atoms with Gasteiger partial charge in [-0.2, -0.15) is 0 Å². The minimum Gasteiger partial charge on any atom is -0.472 e. The van der Waals surface area contributed by atoms with Gasteiger partial charge in [0.2, 0.25) is 0 Å². The van der Waals surface area contributed by atoms with Gasteiger partial charge in [-0.25, -0.2) is 9.97 Å². The van der Waals surface area contributed by atoms with Crippen molar-refractivity contribution in [3.05, 3.63) is 36.0 Å². The summed E-state index contributed by atoms with van der Waals surface area (Å²) in [4.78, 5) is 9.21. The Morgan fingerprint density at radius 2 is 2.05 bits per heavy atom. The van der Waals surface area contributed by atoms with Crippen LogP contribution in [0.25, 0.3) is 0 Å². The molecule has 0 spiro atoms. The molecular formula is C15H20N4O. The van der Waals surface area contributed by atoms with Gasteiger partial charge in [0, 0.05) is 30.6 Å². The molecular weight excluding hydrogens is 252 g/mol. The summed E-state index contributed by atoms with van der Waals surface area (Å²) in [5, 5.41) is 6.68. The van der Waals surface area contributed by atoms with Gasteiger partial charge in [-0.05, 0) is 25.3 Å². The first kappa shape index (κ1) is 13.0. The third-order valence-corrected chi connectivity index (χ3v) is 3.30. The van der Waals surface area contributed by atoms with Gasteiger partial charge in [0.15, 0.2) is 0 Å². The lowest BCUT2D eigenvalue weighted by atomic mass is 10.3. The molecule has 0 radical (unpaired) electrons. The van der Waals surface area contributed by atoms with Crippen molar-refractivity contribution in [2.24, 2.45) is 0 Å². The highest BCUT2D eigenvalue weighted by atomic mass is 16.3. The molecule has 0 unspecified atom stereocenters. The zero-order chi connectivity index (χ0) is 13.8. The number of furan rings is 1. The van der Waals surface area contributed by atoms with E-state index in [0.717, 1.165) is 36.0 Å². The van der Waals surface area contributed by atoms with E-state index >= 15 is 0 Å². The molecule has 1 fully saturated rings. The van der Waals surface area contributed by atoms with Gasteiger partial charge >= 0.3 is 0 Å². The van der Waals surface area contributed by atoms with Crippen molar-refractivity contribution in [2.75, 3.05) is 17.2 Å². The molecule has 2 aromatic rings. The van der Waals surface area contributed by atoms with E-state index in [2.05, 4.69) is 27.5 Å². The Bertz CT molecular complexity index is 549. The lowest BCUT2D eigenvalue weighted by Crippen LogP contribution is -2.08. The monoisotopic (exact) mass is 272 g/mol. The van der Waals surface area contributed by atoms with Crippen LogP contribution in [0.3, 0.4) is 0 Å². The largest absolute Gasteiger partial charge is 0.472 e. The maximum atomic E-state index is 5.07. The van der Waals surface area contributed by atoms with Crippen LogP contribution in [0.5, 0.6) is 0 Å². The van der Waals surface area contributed by atoms with Crippen molar-refractivity contribution in [3.63, 3.8) is 0 Å². The van der Waals surface area contributed by atoms with Crippen LogP contribution in [-0.2, 0) is 6.54 Å². The lowest BCUT2D eigenvalue weighted by molar-refractivity contribution is 0.564. The molecule has 20 heavy (non-hydrogen) atoms. The molecule has 0 bridgehead atoms. The van der Waals surface area contributed by atoms with Gasteiger partial charge in [0.1, 0.15) is 17.5 Å². The van der Waals surface area contributed by atoms with Crippen LogP contribution >= 0.6 is 0 Å². The smallest absolute Gasteiger partial charge is 0.136 e. The molecule has 0 aliphatic heterocycles. The van der Waals surface area contributed by atoms with Gasteiger partial charge < -0.3 is 15.1 Å². The second-order valence-corrected chi connectivity index (χ2v) is 5.18. The average Bonchev–Trinajstić information content (AvgIpc) is 3.20. The van der Waals surface area contributed by atoms with E-state index in [9.17, 15) is 0 Å². The first-order valence-corrected chi connectivity index (χ1v) is 7.23. The van der Waals surface area contributed by atoms with Crippen LogP contribution in [-0.4, -0.2) is 16.5 Å². The van der Waals surface area contributed by atoms with Crippen molar-refractivity contribution in [1.82, 2.24) is 9.97 Å². The summed E-state index contributed by atoms with van der Waals surface area (Å²) in [5.74, 6) is 3.30. The first-order valence-electron chi connectivity index (χ1n) is 7.23. The van der Waals surface area contributed by atoms with Crippen molar-refractivity contribution in [3.8, 4) is 0 Å². The van der Waals surface area contributed by atoms with E-state index in [1.54, 1.807) is 12.5 Å². The fourth-order valence-corrected chi connectivity index (χ4v) is 2.01. The minimum absolute atomic E-state index is 0.549. The summed E-state index contributed by atoms with van der Waals surface area (Å²) < 4.78 is 5.07. The van der Waals surface area contributed by atoms with Crippen molar-refractivity contribution in [2.45, 2.75) is 38.6 Å². The van der Waals surface area contributed by atoms with Crippen LogP contribution in [0.1, 0.15) is 43.5 Å².